The summed E-state index contributed by atoms with van der Waals surface area (Å²) in [7, 11) is 1.67. The van der Waals surface area contributed by atoms with Gasteiger partial charge in [-0.25, -0.2) is 0 Å². The molecule has 0 aromatic heterocycles. The molecule has 1 atom stereocenters. The number of carbonyl (C=O) groups excluding carboxylic acids is 1. The van der Waals surface area contributed by atoms with E-state index in [0.717, 1.165) is 29.7 Å². The van der Waals surface area contributed by atoms with Crippen molar-refractivity contribution in [2.75, 3.05) is 7.11 Å². The van der Waals surface area contributed by atoms with Gasteiger partial charge in [0.05, 0.1) is 7.11 Å². The molecule has 0 saturated heterocycles. The Morgan fingerprint density at radius 3 is 2.81 bits per heavy atom. The smallest absolute Gasteiger partial charge is 0.303 e. The lowest BCUT2D eigenvalue weighted by molar-refractivity contribution is -0.146. The van der Waals surface area contributed by atoms with Crippen LogP contribution in [0.3, 0.4) is 0 Å². The molecule has 0 bridgehead atoms. The van der Waals surface area contributed by atoms with Crippen molar-refractivity contribution >= 4 is 5.97 Å². The van der Waals surface area contributed by atoms with Crippen molar-refractivity contribution in [3.05, 3.63) is 28.8 Å². The molecule has 1 aliphatic rings. The van der Waals surface area contributed by atoms with E-state index in [1.165, 1.54) is 12.5 Å². The van der Waals surface area contributed by atoms with Crippen LogP contribution in [-0.4, -0.2) is 13.1 Å². The fraction of sp³-hybridized carbons (Fsp3) is 0.462. The lowest BCUT2D eigenvalue weighted by Gasteiger charge is -2.13. The fourth-order valence-electron chi connectivity index (χ4n) is 2.36. The third-order valence-corrected chi connectivity index (χ3v) is 3.12. The van der Waals surface area contributed by atoms with E-state index < -0.39 is 0 Å². The SMILES string of the molecule is COc1ccc2c(c1C)CCC2OC(C)=O. The van der Waals surface area contributed by atoms with Gasteiger partial charge < -0.3 is 9.47 Å². The highest BCUT2D eigenvalue weighted by molar-refractivity contribution is 5.66. The van der Waals surface area contributed by atoms with Gasteiger partial charge in [-0.1, -0.05) is 6.07 Å². The zero-order valence-electron chi connectivity index (χ0n) is 9.87. The first-order valence-corrected chi connectivity index (χ1v) is 5.47. The molecule has 0 fully saturated rings. The van der Waals surface area contributed by atoms with E-state index in [2.05, 4.69) is 0 Å². The van der Waals surface area contributed by atoms with Crippen molar-refractivity contribution in [2.24, 2.45) is 0 Å². The summed E-state index contributed by atoms with van der Waals surface area (Å²) in [6.07, 6.45) is 1.76. The highest BCUT2D eigenvalue weighted by atomic mass is 16.5. The van der Waals surface area contributed by atoms with Crippen molar-refractivity contribution in [3.63, 3.8) is 0 Å². The number of hydrogen-bond acceptors (Lipinski definition) is 3. The van der Waals surface area contributed by atoms with Crippen LogP contribution < -0.4 is 4.74 Å². The summed E-state index contributed by atoms with van der Waals surface area (Å²) in [6.45, 7) is 3.50. The third kappa shape index (κ3) is 1.77. The van der Waals surface area contributed by atoms with Crippen LogP contribution in [0, 0.1) is 6.92 Å². The first-order valence-electron chi connectivity index (χ1n) is 5.47. The topological polar surface area (TPSA) is 35.5 Å². The maximum atomic E-state index is 11.0. The molecule has 1 aromatic carbocycles. The van der Waals surface area contributed by atoms with Crippen LogP contribution in [0.25, 0.3) is 0 Å². The Kier molecular flexibility index (Phi) is 2.86. The minimum atomic E-state index is -0.216. The molecule has 0 N–H and O–H groups in total. The first-order chi connectivity index (χ1) is 7.63. The molecule has 2 rings (SSSR count). The maximum Gasteiger partial charge on any atom is 0.303 e. The molecule has 0 aliphatic heterocycles. The number of fused-ring (bicyclic) bond motifs is 1. The van der Waals surface area contributed by atoms with Crippen LogP contribution in [0.5, 0.6) is 5.75 Å². The van der Waals surface area contributed by atoms with Crippen LogP contribution in [0.15, 0.2) is 12.1 Å². The van der Waals surface area contributed by atoms with Gasteiger partial charge in [-0.2, -0.15) is 0 Å². The summed E-state index contributed by atoms with van der Waals surface area (Å²) in [5.41, 5.74) is 3.56. The Balaban J connectivity index is 2.35. The molecule has 3 heteroatoms. The summed E-state index contributed by atoms with van der Waals surface area (Å²) in [6, 6.07) is 3.94. The minimum absolute atomic E-state index is 0.0721. The minimum Gasteiger partial charge on any atom is -0.496 e. The molecule has 3 nitrogen and oxygen atoms in total. The van der Waals surface area contributed by atoms with Crippen molar-refractivity contribution in [2.45, 2.75) is 32.8 Å². The van der Waals surface area contributed by atoms with Gasteiger partial charge in [-0.05, 0) is 42.5 Å². The lowest BCUT2D eigenvalue weighted by atomic mass is 10.0. The predicted octanol–water partition coefficient (Wildman–Crippen LogP) is 2.55. The standard InChI is InChI=1S/C13H16O3/c1-8-10-4-7-13(16-9(2)14)11(10)5-6-12(8)15-3/h5-6,13H,4,7H2,1-3H3. The number of hydrogen-bond donors (Lipinski definition) is 0. The molecule has 0 saturated carbocycles. The molecule has 1 aliphatic carbocycles. The Bertz CT molecular complexity index is 423. The van der Waals surface area contributed by atoms with Crippen LogP contribution in [0.1, 0.15) is 36.1 Å². The Labute approximate surface area is 95.4 Å². The fourth-order valence-corrected chi connectivity index (χ4v) is 2.36. The normalized spacial score (nSPS) is 18.1. The number of carbonyl (C=O) groups is 1. The molecule has 1 unspecified atom stereocenters. The summed E-state index contributed by atoms with van der Waals surface area (Å²) in [4.78, 5) is 11.0. The number of rotatable bonds is 2. The number of ether oxygens (including phenoxy) is 2. The monoisotopic (exact) mass is 220 g/mol. The van der Waals surface area contributed by atoms with Gasteiger partial charge in [0.1, 0.15) is 11.9 Å². The van der Waals surface area contributed by atoms with E-state index in [9.17, 15) is 4.79 Å². The summed E-state index contributed by atoms with van der Waals surface area (Å²) >= 11 is 0. The van der Waals surface area contributed by atoms with Gasteiger partial charge in [-0.15, -0.1) is 0 Å². The van der Waals surface area contributed by atoms with Crippen LogP contribution in [0.4, 0.5) is 0 Å². The van der Waals surface area contributed by atoms with Crippen LogP contribution in [-0.2, 0) is 16.0 Å². The van der Waals surface area contributed by atoms with Crippen molar-refractivity contribution in [3.8, 4) is 5.75 Å². The van der Waals surface area contributed by atoms with Crippen molar-refractivity contribution < 1.29 is 14.3 Å². The highest BCUT2D eigenvalue weighted by Gasteiger charge is 2.27. The number of methoxy groups -OCH3 is 1. The van der Waals surface area contributed by atoms with E-state index in [1.54, 1.807) is 7.11 Å². The highest BCUT2D eigenvalue weighted by Crippen LogP contribution is 2.38. The zero-order valence-corrected chi connectivity index (χ0v) is 9.87. The third-order valence-electron chi connectivity index (χ3n) is 3.12. The maximum absolute atomic E-state index is 11.0. The second-order valence-electron chi connectivity index (χ2n) is 4.10. The first kappa shape index (κ1) is 11.0. The molecule has 0 spiro atoms. The van der Waals surface area contributed by atoms with Gasteiger partial charge in [0.15, 0.2) is 0 Å². The van der Waals surface area contributed by atoms with E-state index in [1.807, 2.05) is 19.1 Å². The zero-order chi connectivity index (χ0) is 11.7. The average Bonchev–Trinajstić information content (AvgIpc) is 2.62. The summed E-state index contributed by atoms with van der Waals surface area (Å²) in [5.74, 6) is 0.688. The number of benzene rings is 1. The van der Waals surface area contributed by atoms with Crippen molar-refractivity contribution in [1.82, 2.24) is 0 Å². The quantitative estimate of drug-likeness (QED) is 0.718. The van der Waals surface area contributed by atoms with Gasteiger partial charge in [-0.3, -0.25) is 4.79 Å². The van der Waals surface area contributed by atoms with Gasteiger partial charge in [0, 0.05) is 6.92 Å². The molecule has 0 radical (unpaired) electrons. The Morgan fingerprint density at radius 2 is 2.19 bits per heavy atom. The Morgan fingerprint density at radius 1 is 1.44 bits per heavy atom. The molecule has 1 aromatic rings. The molecule has 86 valence electrons. The molecule has 0 heterocycles. The second kappa shape index (κ2) is 4.16. The van der Waals surface area contributed by atoms with E-state index in [0.29, 0.717) is 0 Å². The lowest BCUT2D eigenvalue weighted by Crippen LogP contribution is -2.05. The van der Waals surface area contributed by atoms with E-state index >= 15 is 0 Å². The van der Waals surface area contributed by atoms with E-state index in [-0.39, 0.29) is 12.1 Å². The summed E-state index contributed by atoms with van der Waals surface area (Å²) in [5, 5.41) is 0. The molecular formula is C13H16O3. The van der Waals surface area contributed by atoms with Crippen molar-refractivity contribution in [1.29, 1.82) is 0 Å². The Hall–Kier alpha value is -1.51. The largest absolute Gasteiger partial charge is 0.496 e. The molecule has 16 heavy (non-hydrogen) atoms. The number of esters is 1. The second-order valence-corrected chi connectivity index (χ2v) is 4.10. The predicted molar refractivity (Wildman–Crippen MR) is 60.6 cm³/mol. The average molecular weight is 220 g/mol. The summed E-state index contributed by atoms with van der Waals surface area (Å²) < 4.78 is 10.6. The molecular weight excluding hydrogens is 204 g/mol. The van der Waals surface area contributed by atoms with Gasteiger partial charge in [0.25, 0.3) is 0 Å². The van der Waals surface area contributed by atoms with Crippen LogP contribution in [0.2, 0.25) is 0 Å². The van der Waals surface area contributed by atoms with Crippen LogP contribution >= 0.6 is 0 Å². The molecule has 0 amide bonds. The van der Waals surface area contributed by atoms with E-state index in [4.69, 9.17) is 9.47 Å². The van der Waals surface area contributed by atoms with Gasteiger partial charge >= 0.3 is 5.97 Å². The van der Waals surface area contributed by atoms with Gasteiger partial charge in [0.2, 0.25) is 0 Å².